The van der Waals surface area contributed by atoms with Gasteiger partial charge < -0.3 is 26.6 Å². The molecule has 0 aliphatic heterocycles. The molecule has 10 heteroatoms. The van der Waals surface area contributed by atoms with Gasteiger partial charge in [-0.2, -0.15) is 0 Å². The summed E-state index contributed by atoms with van der Waals surface area (Å²) in [6, 6.07) is 1.75. The first kappa shape index (κ1) is 27.9. The first-order chi connectivity index (χ1) is 13.1. The van der Waals surface area contributed by atoms with Crippen LogP contribution in [0.1, 0.15) is 47.5 Å². The molecular formula is C17H40O6S2Si2. The Morgan fingerprint density at radius 1 is 0.556 bits per heavy atom. The van der Waals surface area contributed by atoms with Crippen molar-refractivity contribution in [2.75, 3.05) is 51.6 Å². The molecule has 164 valence electrons. The van der Waals surface area contributed by atoms with Gasteiger partial charge in [0.2, 0.25) is 0 Å². The van der Waals surface area contributed by atoms with Crippen molar-refractivity contribution in [2.45, 2.75) is 59.5 Å². The zero-order valence-electron chi connectivity index (χ0n) is 18.0. The highest BCUT2D eigenvalue weighted by atomic mass is 33.1. The van der Waals surface area contributed by atoms with E-state index in [-0.39, 0.29) is 0 Å². The highest BCUT2D eigenvalue weighted by Crippen LogP contribution is 2.28. The van der Waals surface area contributed by atoms with E-state index < -0.39 is 17.6 Å². The minimum Gasteiger partial charge on any atom is -0.377 e. The molecule has 0 saturated carbocycles. The summed E-state index contributed by atoms with van der Waals surface area (Å²) in [5, 5.41) is 0. The van der Waals surface area contributed by atoms with E-state index in [0.29, 0.717) is 33.0 Å². The van der Waals surface area contributed by atoms with Gasteiger partial charge in [-0.15, -0.1) is 0 Å². The van der Waals surface area contributed by atoms with Gasteiger partial charge in [-0.1, -0.05) is 21.6 Å². The number of hydrogen-bond acceptors (Lipinski definition) is 8. The van der Waals surface area contributed by atoms with Crippen LogP contribution in [0, 0.1) is 0 Å². The van der Waals surface area contributed by atoms with Crippen molar-refractivity contribution in [1.29, 1.82) is 0 Å². The summed E-state index contributed by atoms with van der Waals surface area (Å²) < 4.78 is 34.9. The van der Waals surface area contributed by atoms with E-state index in [0.717, 1.165) is 36.4 Å². The lowest BCUT2D eigenvalue weighted by molar-refractivity contribution is 0.0712. The van der Waals surface area contributed by atoms with Crippen LogP contribution in [-0.2, 0) is 26.6 Å². The smallest absolute Gasteiger partial charge is 0.377 e. The molecule has 0 radical (unpaired) electrons. The quantitative estimate of drug-likeness (QED) is 0.145. The molecule has 0 heterocycles. The largest absolute Gasteiger partial charge is 0.500 e. The molecule has 0 spiro atoms. The Balaban J connectivity index is 4.06. The second-order valence-electron chi connectivity index (χ2n) is 5.59. The second-order valence-corrected chi connectivity index (χ2v) is 13.9. The van der Waals surface area contributed by atoms with Crippen molar-refractivity contribution in [3.05, 3.63) is 0 Å². The molecule has 0 rings (SSSR count). The van der Waals surface area contributed by atoms with E-state index in [4.69, 9.17) is 26.6 Å². The third-order valence-corrected chi connectivity index (χ3v) is 12.4. The van der Waals surface area contributed by atoms with Crippen LogP contribution in [0.4, 0.5) is 0 Å². The van der Waals surface area contributed by atoms with Gasteiger partial charge in [-0.25, -0.2) is 0 Å². The van der Waals surface area contributed by atoms with E-state index in [2.05, 4.69) is 0 Å². The normalized spacial score (nSPS) is 12.7. The summed E-state index contributed by atoms with van der Waals surface area (Å²) in [7, 11) is 0.544. The average molecular weight is 461 g/mol. The molecule has 0 bridgehead atoms. The lowest BCUT2D eigenvalue weighted by atomic mass is 10.6. The summed E-state index contributed by atoms with van der Waals surface area (Å²) >= 11 is 0. The third kappa shape index (κ3) is 12.2. The maximum atomic E-state index is 5.89. The van der Waals surface area contributed by atoms with Crippen molar-refractivity contribution in [1.82, 2.24) is 0 Å². The standard InChI is InChI=1S/C17H40O6S2Si2/c1-7-19-26(18-6,20-8-2)16-12-14-24-25-15-13-17-27(21-9-3,22-10-4)23-11-5/h7-17H2,1-6H3. The Kier molecular flexibility index (Phi) is 18.3. The van der Waals surface area contributed by atoms with Crippen LogP contribution in [0.5, 0.6) is 0 Å². The van der Waals surface area contributed by atoms with Crippen LogP contribution in [0.25, 0.3) is 0 Å². The van der Waals surface area contributed by atoms with Gasteiger partial charge in [0.15, 0.2) is 0 Å². The van der Waals surface area contributed by atoms with Crippen molar-refractivity contribution >= 4 is 39.2 Å². The van der Waals surface area contributed by atoms with Crippen molar-refractivity contribution in [3.63, 3.8) is 0 Å². The fourth-order valence-corrected chi connectivity index (χ4v) is 10.3. The summed E-state index contributed by atoms with van der Waals surface area (Å²) in [4.78, 5) is 0. The molecule has 0 aromatic carbocycles. The van der Waals surface area contributed by atoms with Crippen LogP contribution in [0.3, 0.4) is 0 Å². The number of rotatable bonds is 20. The first-order valence-electron chi connectivity index (χ1n) is 10.1. The fraction of sp³-hybridized carbons (Fsp3) is 1.00. The Hall–Kier alpha value is 0.894. The molecule has 0 saturated heterocycles. The van der Waals surface area contributed by atoms with Gasteiger partial charge in [-0.05, 0) is 47.5 Å². The molecule has 0 fully saturated rings. The van der Waals surface area contributed by atoms with Gasteiger partial charge in [0.1, 0.15) is 0 Å². The molecule has 0 aliphatic carbocycles. The van der Waals surface area contributed by atoms with Crippen molar-refractivity contribution in [2.24, 2.45) is 0 Å². The van der Waals surface area contributed by atoms with Crippen molar-refractivity contribution < 1.29 is 26.6 Å². The van der Waals surface area contributed by atoms with E-state index in [9.17, 15) is 0 Å². The minimum atomic E-state index is -2.49. The third-order valence-electron chi connectivity index (χ3n) is 3.64. The molecule has 0 amide bonds. The predicted octanol–water partition coefficient (Wildman–Crippen LogP) is 4.85. The topological polar surface area (TPSA) is 55.4 Å². The van der Waals surface area contributed by atoms with Crippen LogP contribution in [-0.4, -0.2) is 69.3 Å². The Morgan fingerprint density at radius 3 is 1.22 bits per heavy atom. The SMILES string of the molecule is CCO[Si](CCCSSCCC[Si](OCC)(OCC)OCC)(OC)OCC. The van der Waals surface area contributed by atoms with Gasteiger partial charge in [-0.3, -0.25) is 0 Å². The average Bonchev–Trinajstić information content (AvgIpc) is 2.65. The molecular weight excluding hydrogens is 420 g/mol. The second kappa shape index (κ2) is 17.7. The monoisotopic (exact) mass is 460 g/mol. The molecule has 0 aromatic rings. The van der Waals surface area contributed by atoms with E-state index in [1.807, 2.05) is 56.2 Å². The van der Waals surface area contributed by atoms with Crippen LogP contribution in [0.2, 0.25) is 12.1 Å². The highest BCUT2D eigenvalue weighted by molar-refractivity contribution is 8.76. The minimum absolute atomic E-state index is 0.632. The van der Waals surface area contributed by atoms with Gasteiger partial charge in [0.25, 0.3) is 0 Å². The molecule has 0 N–H and O–H groups in total. The molecule has 0 aromatic heterocycles. The maximum absolute atomic E-state index is 5.89. The summed E-state index contributed by atoms with van der Waals surface area (Å²) in [5.74, 6) is 2.13. The molecule has 27 heavy (non-hydrogen) atoms. The molecule has 0 atom stereocenters. The first-order valence-corrected chi connectivity index (χ1v) is 16.4. The lowest BCUT2D eigenvalue weighted by Crippen LogP contribution is -2.46. The van der Waals surface area contributed by atoms with E-state index in [1.54, 1.807) is 7.11 Å². The predicted molar refractivity (Wildman–Crippen MR) is 120 cm³/mol. The molecule has 0 aliphatic rings. The summed E-state index contributed by atoms with van der Waals surface area (Å²) in [5.41, 5.74) is 0. The summed E-state index contributed by atoms with van der Waals surface area (Å²) in [6.07, 6.45) is 2.08. The molecule has 6 nitrogen and oxygen atoms in total. The van der Waals surface area contributed by atoms with Crippen molar-refractivity contribution in [3.8, 4) is 0 Å². The Morgan fingerprint density at radius 2 is 0.889 bits per heavy atom. The Labute approximate surface area is 176 Å². The highest BCUT2D eigenvalue weighted by Gasteiger charge is 2.40. The van der Waals surface area contributed by atoms with Crippen LogP contribution >= 0.6 is 21.6 Å². The van der Waals surface area contributed by atoms with Crippen LogP contribution < -0.4 is 0 Å². The van der Waals surface area contributed by atoms with Crippen LogP contribution in [0.15, 0.2) is 0 Å². The zero-order chi connectivity index (χ0) is 20.4. The fourth-order valence-electron chi connectivity index (χ4n) is 2.66. The molecule has 0 unspecified atom stereocenters. The maximum Gasteiger partial charge on any atom is 0.500 e. The van der Waals surface area contributed by atoms with E-state index in [1.165, 1.54) is 0 Å². The Bertz CT molecular complexity index is 320. The summed E-state index contributed by atoms with van der Waals surface area (Å²) in [6.45, 7) is 13.1. The zero-order valence-corrected chi connectivity index (χ0v) is 21.7. The number of hydrogen-bond donors (Lipinski definition) is 0. The van der Waals surface area contributed by atoms with E-state index >= 15 is 0 Å². The van der Waals surface area contributed by atoms with Gasteiger partial charge in [0.05, 0.1) is 0 Å². The van der Waals surface area contributed by atoms with Gasteiger partial charge in [0, 0.05) is 63.7 Å². The lowest BCUT2D eigenvalue weighted by Gasteiger charge is -2.28. The van der Waals surface area contributed by atoms with Gasteiger partial charge >= 0.3 is 17.6 Å².